The molecule has 0 spiro atoms. The molecule has 5 nitrogen and oxygen atoms in total. The zero-order chi connectivity index (χ0) is 14.0. The van der Waals surface area contributed by atoms with E-state index in [2.05, 4.69) is 16.1 Å². The van der Waals surface area contributed by atoms with Gasteiger partial charge in [-0.2, -0.15) is 0 Å². The molecule has 1 aliphatic heterocycles. The molecule has 0 aromatic carbocycles. The maximum atomic E-state index is 12.3. The number of ether oxygens (including phenoxy) is 2. The van der Waals surface area contributed by atoms with Gasteiger partial charge in [0.1, 0.15) is 11.2 Å². The van der Waals surface area contributed by atoms with E-state index in [1.54, 1.807) is 7.11 Å². The van der Waals surface area contributed by atoms with Gasteiger partial charge in [-0.1, -0.05) is 0 Å². The average Bonchev–Trinajstić information content (AvgIpc) is 2.41. The van der Waals surface area contributed by atoms with Crippen LogP contribution in [0, 0.1) is 0 Å². The fourth-order valence-electron chi connectivity index (χ4n) is 2.23. The van der Waals surface area contributed by atoms with Crippen LogP contribution in [0.2, 0.25) is 0 Å². The minimum absolute atomic E-state index is 0.111. The van der Waals surface area contributed by atoms with E-state index in [0.29, 0.717) is 26.4 Å². The highest BCUT2D eigenvalue weighted by atomic mass is 79.9. The molecular weight excluding hydrogens is 300 g/mol. The summed E-state index contributed by atoms with van der Waals surface area (Å²) in [5.41, 5.74) is -0.888. The van der Waals surface area contributed by atoms with Crippen molar-refractivity contribution < 1.29 is 14.3 Å². The number of hydrogen-bond acceptors (Lipinski definition) is 4. The summed E-state index contributed by atoms with van der Waals surface area (Å²) in [5, 5.41) is 0. The Bertz CT molecular complexity index is 308. The SMILES string of the molecule is COCCOCCN1C(=O)C(C)(C)N(Br)C1(C)C. The summed E-state index contributed by atoms with van der Waals surface area (Å²) in [6.45, 7) is 10.1. The Hall–Kier alpha value is -0.170. The molecule has 0 saturated carbocycles. The standard InChI is InChI=1S/C12H23BrN2O3/c1-11(2)10(16)14(12(3,4)15(11)13)6-7-18-9-8-17-5/h6-9H2,1-5H3. The van der Waals surface area contributed by atoms with E-state index >= 15 is 0 Å². The van der Waals surface area contributed by atoms with Gasteiger partial charge in [0.2, 0.25) is 5.91 Å². The Labute approximate surface area is 118 Å². The fraction of sp³-hybridized carbons (Fsp3) is 0.917. The van der Waals surface area contributed by atoms with E-state index in [0.717, 1.165) is 0 Å². The normalized spacial score (nSPS) is 22.8. The first kappa shape index (κ1) is 15.9. The molecule has 106 valence electrons. The number of halogens is 1. The molecule has 1 aliphatic rings. The third kappa shape index (κ3) is 2.87. The highest BCUT2D eigenvalue weighted by molar-refractivity contribution is 9.07. The van der Waals surface area contributed by atoms with Gasteiger partial charge in [-0.15, -0.1) is 0 Å². The second kappa shape index (κ2) is 5.86. The fourth-order valence-corrected chi connectivity index (χ4v) is 2.57. The van der Waals surface area contributed by atoms with E-state index in [1.165, 1.54) is 0 Å². The van der Waals surface area contributed by atoms with Crippen molar-refractivity contribution in [2.24, 2.45) is 0 Å². The number of methoxy groups -OCH3 is 1. The van der Waals surface area contributed by atoms with Gasteiger partial charge in [0.05, 0.1) is 19.8 Å². The average molecular weight is 323 g/mol. The van der Waals surface area contributed by atoms with E-state index in [4.69, 9.17) is 9.47 Å². The highest BCUT2D eigenvalue weighted by Crippen LogP contribution is 2.40. The molecule has 0 unspecified atom stereocenters. The van der Waals surface area contributed by atoms with Crippen molar-refractivity contribution in [3.63, 3.8) is 0 Å². The zero-order valence-corrected chi connectivity index (χ0v) is 13.4. The van der Waals surface area contributed by atoms with Gasteiger partial charge in [-0.25, -0.2) is 3.93 Å². The molecule has 0 radical (unpaired) electrons. The lowest BCUT2D eigenvalue weighted by Gasteiger charge is -2.35. The molecule has 1 saturated heterocycles. The zero-order valence-electron chi connectivity index (χ0n) is 11.8. The van der Waals surface area contributed by atoms with Crippen molar-refractivity contribution >= 4 is 22.1 Å². The monoisotopic (exact) mass is 322 g/mol. The summed E-state index contributed by atoms with van der Waals surface area (Å²) in [6.07, 6.45) is 0. The van der Waals surface area contributed by atoms with Crippen molar-refractivity contribution in [1.82, 2.24) is 8.83 Å². The minimum atomic E-state index is -0.532. The molecule has 0 bridgehead atoms. The van der Waals surface area contributed by atoms with E-state index in [9.17, 15) is 4.79 Å². The maximum absolute atomic E-state index is 12.3. The second-order valence-electron chi connectivity index (χ2n) is 5.40. The van der Waals surface area contributed by atoms with Gasteiger partial charge in [-0.05, 0) is 27.7 Å². The Kier molecular flexibility index (Phi) is 5.17. The van der Waals surface area contributed by atoms with Gasteiger partial charge >= 0.3 is 0 Å². The van der Waals surface area contributed by atoms with Crippen molar-refractivity contribution in [3.8, 4) is 0 Å². The molecule has 1 fully saturated rings. The molecule has 0 aromatic heterocycles. The van der Waals surface area contributed by atoms with Gasteiger partial charge in [0.15, 0.2) is 0 Å². The van der Waals surface area contributed by atoms with Crippen molar-refractivity contribution in [1.29, 1.82) is 0 Å². The van der Waals surface area contributed by atoms with Crippen LogP contribution in [0.3, 0.4) is 0 Å². The molecule has 18 heavy (non-hydrogen) atoms. The lowest BCUT2D eigenvalue weighted by Crippen LogP contribution is -2.47. The van der Waals surface area contributed by atoms with Crippen LogP contribution in [0.4, 0.5) is 0 Å². The molecule has 6 heteroatoms. The second-order valence-corrected chi connectivity index (χ2v) is 6.11. The van der Waals surface area contributed by atoms with Crippen molar-refractivity contribution in [3.05, 3.63) is 0 Å². The first-order valence-electron chi connectivity index (χ1n) is 6.11. The molecule has 0 aliphatic carbocycles. The van der Waals surface area contributed by atoms with Crippen LogP contribution in [-0.2, 0) is 14.3 Å². The van der Waals surface area contributed by atoms with E-state index in [1.807, 2.05) is 36.5 Å². The first-order chi connectivity index (χ1) is 8.26. The predicted octanol–water partition coefficient (Wildman–Crippen LogP) is 1.62. The molecule has 0 atom stereocenters. The summed E-state index contributed by atoms with van der Waals surface area (Å²) in [7, 11) is 1.64. The van der Waals surface area contributed by atoms with Crippen molar-refractivity contribution in [2.45, 2.75) is 38.9 Å². The van der Waals surface area contributed by atoms with Gasteiger partial charge in [-0.3, -0.25) is 4.79 Å². The summed E-state index contributed by atoms with van der Waals surface area (Å²) in [5.74, 6) is 0.111. The third-order valence-corrected chi connectivity index (χ3v) is 5.05. The largest absolute Gasteiger partial charge is 0.382 e. The molecule has 1 rings (SSSR count). The number of hydrogen-bond donors (Lipinski definition) is 0. The minimum Gasteiger partial charge on any atom is -0.382 e. The quantitative estimate of drug-likeness (QED) is 0.550. The topological polar surface area (TPSA) is 42.0 Å². The van der Waals surface area contributed by atoms with Gasteiger partial charge < -0.3 is 14.4 Å². The van der Waals surface area contributed by atoms with Gasteiger partial charge in [0, 0.05) is 29.8 Å². The maximum Gasteiger partial charge on any atom is 0.245 e. The lowest BCUT2D eigenvalue weighted by atomic mass is 10.1. The third-order valence-electron chi connectivity index (χ3n) is 3.29. The molecule has 0 aromatic rings. The van der Waals surface area contributed by atoms with Crippen LogP contribution < -0.4 is 0 Å². The van der Waals surface area contributed by atoms with Crippen molar-refractivity contribution in [2.75, 3.05) is 33.5 Å². The van der Waals surface area contributed by atoms with Crippen LogP contribution in [0.1, 0.15) is 27.7 Å². The number of carbonyl (C=O) groups excluding carboxylic acids is 1. The number of carbonyl (C=O) groups is 1. The molecular formula is C12H23BrN2O3. The van der Waals surface area contributed by atoms with Crippen LogP contribution in [0.25, 0.3) is 0 Å². The number of rotatable bonds is 6. The predicted molar refractivity (Wildman–Crippen MR) is 73.3 cm³/mol. The Morgan fingerprint density at radius 3 is 2.22 bits per heavy atom. The van der Waals surface area contributed by atoms with Gasteiger partial charge in [0.25, 0.3) is 0 Å². The molecule has 0 N–H and O–H groups in total. The van der Waals surface area contributed by atoms with Crippen LogP contribution in [-0.4, -0.2) is 59.4 Å². The summed E-state index contributed by atoms with van der Waals surface area (Å²) < 4.78 is 12.3. The van der Waals surface area contributed by atoms with Crippen LogP contribution >= 0.6 is 16.1 Å². The smallest absolute Gasteiger partial charge is 0.245 e. The molecule has 1 heterocycles. The first-order valence-corrected chi connectivity index (χ1v) is 6.82. The summed E-state index contributed by atoms with van der Waals surface area (Å²) in [6, 6.07) is 0. The Balaban J connectivity index is 2.57. The molecule has 1 amide bonds. The summed E-state index contributed by atoms with van der Waals surface area (Å²) in [4.78, 5) is 14.2. The van der Waals surface area contributed by atoms with Crippen LogP contribution in [0.15, 0.2) is 0 Å². The summed E-state index contributed by atoms with van der Waals surface area (Å²) >= 11 is 3.51. The Morgan fingerprint density at radius 2 is 1.78 bits per heavy atom. The van der Waals surface area contributed by atoms with Crippen LogP contribution in [0.5, 0.6) is 0 Å². The highest BCUT2D eigenvalue weighted by Gasteiger charge is 2.55. The van der Waals surface area contributed by atoms with E-state index in [-0.39, 0.29) is 11.6 Å². The number of nitrogens with zero attached hydrogens (tertiary/aromatic N) is 2. The Morgan fingerprint density at radius 1 is 1.17 bits per heavy atom. The number of amides is 1. The lowest BCUT2D eigenvalue weighted by molar-refractivity contribution is -0.134. The van der Waals surface area contributed by atoms with E-state index < -0.39 is 5.54 Å².